The maximum Gasteiger partial charge on any atom is 0.271 e. The largest absolute Gasteiger partial charge is 0.493 e. The smallest absolute Gasteiger partial charge is 0.271 e. The van der Waals surface area contributed by atoms with E-state index in [0.717, 1.165) is 4.90 Å². The van der Waals surface area contributed by atoms with E-state index in [0.29, 0.717) is 33.2 Å². The molecule has 0 N–H and O–H groups in total. The van der Waals surface area contributed by atoms with Crippen LogP contribution in [0.25, 0.3) is 6.08 Å². The van der Waals surface area contributed by atoms with Gasteiger partial charge in [-0.15, -0.1) is 0 Å². The molecule has 0 spiro atoms. The molecule has 0 aliphatic carbocycles. The monoisotopic (exact) mass is 516 g/mol. The molecule has 0 radical (unpaired) electrons. The van der Waals surface area contributed by atoms with Gasteiger partial charge in [0.1, 0.15) is 24.1 Å². The molecule has 2 amide bonds. The molecule has 0 aromatic heterocycles. The molecule has 1 aliphatic rings. The fourth-order valence-electron chi connectivity index (χ4n) is 3.90. The van der Waals surface area contributed by atoms with Crippen LogP contribution in [0, 0.1) is 17.1 Å². The minimum absolute atomic E-state index is 0.00838. The second-order valence-electron chi connectivity index (χ2n) is 8.25. The zero-order valence-electron chi connectivity index (χ0n) is 20.1. The highest BCUT2D eigenvalue weighted by Gasteiger charge is 2.35. The van der Waals surface area contributed by atoms with Crippen molar-refractivity contribution >= 4 is 29.5 Å². The Bertz CT molecular complexity index is 1490. The van der Waals surface area contributed by atoms with Crippen LogP contribution in [0.15, 0.2) is 83.4 Å². The van der Waals surface area contributed by atoms with Crippen LogP contribution in [-0.2, 0) is 22.7 Å². The SMILES string of the molecule is COc1cc(/C=C2/C(=O)N(Cc3ccccc3Cl)C(=O)C(C#N)=C2C)ccc1OCc1ccccc1F. The minimum atomic E-state index is -0.670. The first kappa shape index (κ1) is 25.7. The molecule has 186 valence electrons. The van der Waals surface area contributed by atoms with Gasteiger partial charge >= 0.3 is 0 Å². The number of hydrogen-bond acceptors (Lipinski definition) is 5. The van der Waals surface area contributed by atoms with Crippen molar-refractivity contribution in [2.24, 2.45) is 0 Å². The average Bonchev–Trinajstić information content (AvgIpc) is 2.90. The third-order valence-electron chi connectivity index (χ3n) is 5.95. The Morgan fingerprint density at radius 1 is 1.00 bits per heavy atom. The highest BCUT2D eigenvalue weighted by Crippen LogP contribution is 2.33. The van der Waals surface area contributed by atoms with Crippen LogP contribution < -0.4 is 9.47 Å². The quantitative estimate of drug-likeness (QED) is 0.290. The lowest BCUT2D eigenvalue weighted by Gasteiger charge is -2.27. The second-order valence-corrected chi connectivity index (χ2v) is 8.66. The average molecular weight is 517 g/mol. The molecule has 3 aromatic carbocycles. The van der Waals surface area contributed by atoms with Crippen molar-refractivity contribution in [2.75, 3.05) is 7.11 Å². The predicted octanol–water partition coefficient (Wildman–Crippen LogP) is 5.86. The zero-order chi connectivity index (χ0) is 26.5. The van der Waals surface area contributed by atoms with E-state index >= 15 is 0 Å². The van der Waals surface area contributed by atoms with Crippen LogP contribution in [0.3, 0.4) is 0 Å². The minimum Gasteiger partial charge on any atom is -0.493 e. The highest BCUT2D eigenvalue weighted by atomic mass is 35.5. The van der Waals surface area contributed by atoms with Crippen LogP contribution in [0.1, 0.15) is 23.6 Å². The second kappa shape index (κ2) is 11.1. The summed E-state index contributed by atoms with van der Waals surface area (Å²) >= 11 is 6.24. The summed E-state index contributed by atoms with van der Waals surface area (Å²) in [4.78, 5) is 27.4. The number of amides is 2. The molecular weight excluding hydrogens is 495 g/mol. The number of rotatable bonds is 7. The summed E-state index contributed by atoms with van der Waals surface area (Å²) in [6.07, 6.45) is 1.59. The molecule has 1 aliphatic heterocycles. The lowest BCUT2D eigenvalue weighted by molar-refractivity contribution is -0.141. The number of carbonyl (C=O) groups is 2. The van der Waals surface area contributed by atoms with Gasteiger partial charge in [0.15, 0.2) is 11.5 Å². The summed E-state index contributed by atoms with van der Waals surface area (Å²) in [6, 6.07) is 20.1. The number of carbonyl (C=O) groups excluding carboxylic acids is 2. The molecular formula is C29H22ClFN2O4. The molecule has 8 heteroatoms. The summed E-state index contributed by atoms with van der Waals surface area (Å²) < 4.78 is 25.1. The summed E-state index contributed by atoms with van der Waals surface area (Å²) in [5.41, 5.74) is 1.94. The Kier molecular flexibility index (Phi) is 7.71. The van der Waals surface area contributed by atoms with Crippen molar-refractivity contribution in [3.63, 3.8) is 0 Å². The molecule has 1 heterocycles. The molecule has 0 bridgehead atoms. The Hall–Kier alpha value is -4.41. The van der Waals surface area contributed by atoms with Crippen molar-refractivity contribution in [1.29, 1.82) is 5.26 Å². The molecule has 4 rings (SSSR count). The van der Waals surface area contributed by atoms with Gasteiger partial charge in [0.25, 0.3) is 11.8 Å². The zero-order valence-corrected chi connectivity index (χ0v) is 20.9. The van der Waals surface area contributed by atoms with E-state index in [1.165, 1.54) is 13.2 Å². The lowest BCUT2D eigenvalue weighted by Crippen LogP contribution is -2.42. The van der Waals surface area contributed by atoms with Gasteiger partial charge in [0, 0.05) is 16.2 Å². The molecule has 0 atom stereocenters. The van der Waals surface area contributed by atoms with E-state index in [4.69, 9.17) is 21.1 Å². The number of halogens is 2. The lowest BCUT2D eigenvalue weighted by atomic mass is 9.93. The number of ether oxygens (including phenoxy) is 2. The normalized spacial score (nSPS) is 14.7. The maximum atomic E-state index is 13.9. The molecule has 37 heavy (non-hydrogen) atoms. The molecule has 0 unspecified atom stereocenters. The number of imide groups is 1. The van der Waals surface area contributed by atoms with Crippen LogP contribution >= 0.6 is 11.6 Å². The van der Waals surface area contributed by atoms with Crippen LogP contribution in [0.5, 0.6) is 11.5 Å². The van der Waals surface area contributed by atoms with Crippen LogP contribution in [0.2, 0.25) is 5.02 Å². The predicted molar refractivity (Wildman–Crippen MR) is 137 cm³/mol. The van der Waals surface area contributed by atoms with Gasteiger partial charge in [-0.3, -0.25) is 14.5 Å². The number of benzene rings is 3. The Labute approximate surface area is 218 Å². The molecule has 6 nitrogen and oxygen atoms in total. The summed E-state index contributed by atoms with van der Waals surface area (Å²) in [5, 5.41) is 10.1. The van der Waals surface area contributed by atoms with Gasteiger partial charge in [-0.05, 0) is 54.0 Å². The maximum absolute atomic E-state index is 13.9. The summed E-state index contributed by atoms with van der Waals surface area (Å²) in [5.74, 6) is -0.814. The number of hydrogen-bond donors (Lipinski definition) is 0. The third-order valence-corrected chi connectivity index (χ3v) is 6.32. The first-order chi connectivity index (χ1) is 17.8. The Balaban J connectivity index is 1.65. The van der Waals surface area contributed by atoms with E-state index in [2.05, 4.69) is 0 Å². The number of nitriles is 1. The molecule has 0 fully saturated rings. The van der Waals surface area contributed by atoms with Gasteiger partial charge in [0.2, 0.25) is 0 Å². The number of nitrogens with zero attached hydrogens (tertiary/aromatic N) is 2. The first-order valence-electron chi connectivity index (χ1n) is 11.3. The summed E-state index contributed by atoms with van der Waals surface area (Å²) in [6.45, 7) is 1.50. The topological polar surface area (TPSA) is 79.6 Å². The van der Waals surface area contributed by atoms with E-state index in [-0.39, 0.29) is 35.7 Å². The van der Waals surface area contributed by atoms with Crippen molar-refractivity contribution in [1.82, 2.24) is 4.90 Å². The number of methoxy groups -OCH3 is 1. The Morgan fingerprint density at radius 3 is 2.38 bits per heavy atom. The highest BCUT2D eigenvalue weighted by molar-refractivity contribution is 6.31. The van der Waals surface area contributed by atoms with Crippen molar-refractivity contribution in [3.05, 3.63) is 111 Å². The van der Waals surface area contributed by atoms with Crippen molar-refractivity contribution in [3.8, 4) is 17.6 Å². The van der Waals surface area contributed by atoms with Crippen molar-refractivity contribution in [2.45, 2.75) is 20.1 Å². The summed E-state index contributed by atoms with van der Waals surface area (Å²) in [7, 11) is 1.47. The van der Waals surface area contributed by atoms with E-state index < -0.39 is 11.8 Å². The molecule has 0 saturated carbocycles. The first-order valence-corrected chi connectivity index (χ1v) is 11.7. The van der Waals surface area contributed by atoms with Crippen LogP contribution in [-0.4, -0.2) is 23.8 Å². The van der Waals surface area contributed by atoms with E-state index in [9.17, 15) is 19.2 Å². The molecule has 3 aromatic rings. The van der Waals surface area contributed by atoms with Crippen LogP contribution in [0.4, 0.5) is 4.39 Å². The standard InChI is InChI=1S/C29H22ClFN2O4/c1-18-22(28(34)33(29(35)23(18)15-32)16-20-7-3-5-9-24(20)30)13-19-11-12-26(27(14-19)36-2)37-17-21-8-4-6-10-25(21)31/h3-14H,16-17H2,1-2H3/b22-13+. The van der Waals surface area contributed by atoms with Gasteiger partial charge < -0.3 is 9.47 Å². The van der Waals surface area contributed by atoms with E-state index in [1.807, 2.05) is 6.07 Å². The van der Waals surface area contributed by atoms with Gasteiger partial charge in [0.05, 0.1) is 13.7 Å². The fourth-order valence-corrected chi connectivity index (χ4v) is 4.10. The van der Waals surface area contributed by atoms with Crippen molar-refractivity contribution < 1.29 is 23.5 Å². The van der Waals surface area contributed by atoms with E-state index in [1.54, 1.807) is 73.7 Å². The van der Waals surface area contributed by atoms with Gasteiger partial charge in [-0.2, -0.15) is 5.26 Å². The molecule has 0 saturated heterocycles. The van der Waals surface area contributed by atoms with Gasteiger partial charge in [-0.1, -0.05) is 54.1 Å². The third kappa shape index (κ3) is 5.40. The van der Waals surface area contributed by atoms with Gasteiger partial charge in [-0.25, -0.2) is 4.39 Å². The Morgan fingerprint density at radius 2 is 1.70 bits per heavy atom. The fraction of sp³-hybridized carbons (Fsp3) is 0.138.